The van der Waals surface area contributed by atoms with Crippen LogP contribution in [0.5, 0.6) is 0 Å². The molecule has 0 amide bonds. The molecule has 0 aliphatic heterocycles. The largest absolute Gasteiger partial charge is 0.306 e. The van der Waals surface area contributed by atoms with E-state index in [1.54, 1.807) is 0 Å². The lowest BCUT2D eigenvalue weighted by molar-refractivity contribution is 0.456. The van der Waals surface area contributed by atoms with Crippen molar-refractivity contribution in [2.45, 2.75) is 29.2 Å². The van der Waals surface area contributed by atoms with Crippen molar-refractivity contribution in [1.29, 1.82) is 0 Å². The molecular formula is C9H25N. The van der Waals surface area contributed by atoms with E-state index in [-0.39, 0.29) is 22.3 Å². The smallest absolute Gasteiger partial charge is 0.0157 e. The molecule has 0 radical (unpaired) electrons. The summed E-state index contributed by atoms with van der Waals surface area (Å²) in [5.74, 6) is 0. The number of likely N-dealkylation sites (N-methyl/N-ethyl adjacent to an activating group) is 1. The van der Waals surface area contributed by atoms with Crippen LogP contribution in [-0.2, 0) is 0 Å². The predicted octanol–water partition coefficient (Wildman–Crippen LogP) is 3.03. The first-order valence-corrected chi connectivity index (χ1v) is 2.53. The van der Waals surface area contributed by atoms with Gasteiger partial charge in [-0.05, 0) is 21.0 Å². The van der Waals surface area contributed by atoms with Crippen LogP contribution in [0.3, 0.4) is 0 Å². The van der Waals surface area contributed by atoms with E-state index in [0.29, 0.717) is 0 Å². The number of hydrogen-bond acceptors (Lipinski definition) is 1. The Balaban J connectivity index is -0.0000000600. The summed E-state index contributed by atoms with van der Waals surface area (Å²) in [5.41, 5.74) is 0. The van der Waals surface area contributed by atoms with E-state index in [4.69, 9.17) is 0 Å². The first-order valence-electron chi connectivity index (χ1n) is 2.53. The zero-order chi connectivity index (χ0) is 5.70. The van der Waals surface area contributed by atoms with Crippen LogP contribution < -0.4 is 0 Å². The van der Waals surface area contributed by atoms with E-state index < -0.39 is 0 Å². The van der Waals surface area contributed by atoms with Crippen molar-refractivity contribution in [2.24, 2.45) is 0 Å². The van der Waals surface area contributed by atoms with Crippen LogP contribution in [0, 0.1) is 0 Å². The Morgan fingerprint density at radius 2 is 1.50 bits per heavy atom. The first kappa shape index (κ1) is 22.6. The lowest BCUT2D eigenvalue weighted by Crippen LogP contribution is -2.10. The number of hydrogen-bond donors (Lipinski definition) is 0. The molecule has 0 aliphatic rings. The van der Waals surface area contributed by atoms with E-state index in [1.807, 2.05) is 6.92 Å². The molecule has 0 aromatic rings. The molecular weight excluding hydrogens is 122 g/mol. The highest BCUT2D eigenvalue weighted by Gasteiger charge is 1.77. The van der Waals surface area contributed by atoms with Crippen LogP contribution in [0.4, 0.5) is 0 Å². The van der Waals surface area contributed by atoms with Crippen LogP contribution >= 0.6 is 0 Å². The quantitative estimate of drug-likeness (QED) is 0.543. The average Bonchev–Trinajstić information content (AvgIpc) is 1.61. The van der Waals surface area contributed by atoms with Gasteiger partial charge in [0.05, 0.1) is 0 Å². The zero-order valence-corrected chi connectivity index (χ0v) is 5.31. The SMILES string of the molecule is C.C.C.CC=CCN(C)C. The second-order valence-corrected chi connectivity index (χ2v) is 1.83. The second-order valence-electron chi connectivity index (χ2n) is 1.83. The standard InChI is InChI=1S/C6H13N.3CH4/c1-4-5-6-7(2)3;;;/h4-5H,6H2,1-3H3;3*1H4. The minimum absolute atomic E-state index is 0. The molecule has 0 aromatic carbocycles. The van der Waals surface area contributed by atoms with E-state index >= 15 is 0 Å². The molecule has 0 saturated heterocycles. The molecule has 0 N–H and O–H groups in total. The third-order valence-corrected chi connectivity index (χ3v) is 0.706. The molecule has 10 heavy (non-hydrogen) atoms. The van der Waals surface area contributed by atoms with Crippen molar-refractivity contribution in [3.05, 3.63) is 12.2 Å². The summed E-state index contributed by atoms with van der Waals surface area (Å²) in [6, 6.07) is 0. The van der Waals surface area contributed by atoms with Gasteiger partial charge >= 0.3 is 0 Å². The second kappa shape index (κ2) is 15.9. The summed E-state index contributed by atoms with van der Waals surface area (Å²) in [6.07, 6.45) is 4.18. The fourth-order valence-electron chi connectivity index (χ4n) is 0.316. The van der Waals surface area contributed by atoms with Crippen molar-refractivity contribution >= 4 is 0 Å². The molecule has 0 spiro atoms. The topological polar surface area (TPSA) is 3.24 Å². The normalized spacial score (nSPS) is 8.00. The van der Waals surface area contributed by atoms with Gasteiger partial charge in [-0.25, -0.2) is 0 Å². The van der Waals surface area contributed by atoms with Gasteiger partial charge in [-0.1, -0.05) is 34.4 Å². The fourth-order valence-corrected chi connectivity index (χ4v) is 0.316. The highest BCUT2D eigenvalue weighted by molar-refractivity contribution is 4.78. The minimum Gasteiger partial charge on any atom is -0.306 e. The molecule has 0 heterocycles. The van der Waals surface area contributed by atoms with Crippen molar-refractivity contribution in [3.8, 4) is 0 Å². The maximum absolute atomic E-state index is 2.12. The molecule has 0 saturated carbocycles. The summed E-state index contributed by atoms with van der Waals surface area (Å²) in [5, 5.41) is 0. The van der Waals surface area contributed by atoms with Crippen molar-refractivity contribution in [1.82, 2.24) is 4.90 Å². The molecule has 0 rings (SSSR count). The van der Waals surface area contributed by atoms with Crippen LogP contribution in [0.15, 0.2) is 12.2 Å². The van der Waals surface area contributed by atoms with Crippen LogP contribution in [-0.4, -0.2) is 25.5 Å². The molecule has 0 fully saturated rings. The lowest BCUT2D eigenvalue weighted by atomic mass is 10.5. The fraction of sp³-hybridized carbons (Fsp3) is 0.778. The number of nitrogens with zero attached hydrogens (tertiary/aromatic N) is 1. The predicted molar refractivity (Wildman–Crippen MR) is 53.6 cm³/mol. The summed E-state index contributed by atoms with van der Waals surface area (Å²) in [6.45, 7) is 3.08. The monoisotopic (exact) mass is 147 g/mol. The third-order valence-electron chi connectivity index (χ3n) is 0.706. The summed E-state index contributed by atoms with van der Waals surface area (Å²) < 4.78 is 0. The summed E-state index contributed by atoms with van der Waals surface area (Å²) in [7, 11) is 4.11. The number of allylic oxidation sites excluding steroid dienone is 1. The van der Waals surface area contributed by atoms with Gasteiger partial charge < -0.3 is 4.90 Å². The Hall–Kier alpha value is -0.300. The van der Waals surface area contributed by atoms with Gasteiger partial charge in [-0.2, -0.15) is 0 Å². The van der Waals surface area contributed by atoms with Gasteiger partial charge in [0.1, 0.15) is 0 Å². The summed E-state index contributed by atoms with van der Waals surface area (Å²) in [4.78, 5) is 2.12. The Kier molecular flexibility index (Phi) is 35.9. The van der Waals surface area contributed by atoms with Gasteiger partial charge in [0.25, 0.3) is 0 Å². The molecule has 66 valence electrons. The summed E-state index contributed by atoms with van der Waals surface area (Å²) >= 11 is 0. The Morgan fingerprint density at radius 3 is 1.60 bits per heavy atom. The van der Waals surface area contributed by atoms with Crippen molar-refractivity contribution in [3.63, 3.8) is 0 Å². The lowest BCUT2D eigenvalue weighted by Gasteiger charge is -2.02. The Morgan fingerprint density at radius 1 is 1.10 bits per heavy atom. The van der Waals surface area contributed by atoms with E-state index in [1.165, 1.54) is 0 Å². The van der Waals surface area contributed by atoms with Crippen LogP contribution in [0.25, 0.3) is 0 Å². The van der Waals surface area contributed by atoms with Gasteiger partial charge in [-0.3, -0.25) is 0 Å². The first-order chi connectivity index (χ1) is 3.27. The molecule has 0 aromatic heterocycles. The molecule has 1 nitrogen and oxygen atoms in total. The average molecular weight is 147 g/mol. The van der Waals surface area contributed by atoms with Crippen molar-refractivity contribution in [2.75, 3.05) is 20.6 Å². The van der Waals surface area contributed by atoms with Gasteiger partial charge in [0, 0.05) is 6.54 Å². The highest BCUT2D eigenvalue weighted by atomic mass is 15.0. The maximum atomic E-state index is 2.12. The van der Waals surface area contributed by atoms with Gasteiger partial charge in [0.2, 0.25) is 0 Å². The maximum Gasteiger partial charge on any atom is 0.0157 e. The number of rotatable bonds is 2. The molecule has 0 unspecified atom stereocenters. The molecule has 0 atom stereocenters. The Labute approximate surface area is 67.7 Å². The highest BCUT2D eigenvalue weighted by Crippen LogP contribution is 1.74. The van der Waals surface area contributed by atoms with E-state index in [9.17, 15) is 0 Å². The van der Waals surface area contributed by atoms with Crippen LogP contribution in [0.1, 0.15) is 29.2 Å². The van der Waals surface area contributed by atoms with Gasteiger partial charge in [0.15, 0.2) is 0 Å². The van der Waals surface area contributed by atoms with Crippen molar-refractivity contribution < 1.29 is 0 Å². The molecule has 1 heteroatoms. The van der Waals surface area contributed by atoms with E-state index in [0.717, 1.165) is 6.54 Å². The minimum atomic E-state index is 0. The van der Waals surface area contributed by atoms with Gasteiger partial charge in [-0.15, -0.1) is 0 Å². The van der Waals surface area contributed by atoms with E-state index in [2.05, 4.69) is 31.1 Å². The zero-order valence-electron chi connectivity index (χ0n) is 5.31. The van der Waals surface area contributed by atoms with Crippen LogP contribution in [0.2, 0.25) is 0 Å². The molecule has 0 aliphatic carbocycles. The third kappa shape index (κ3) is 25.2. The Bertz CT molecular complexity index is 55.7. The molecule has 0 bridgehead atoms.